The second kappa shape index (κ2) is 8.16. The molecule has 8 nitrogen and oxygen atoms in total. The molecule has 0 radical (unpaired) electrons. The van der Waals surface area contributed by atoms with Crippen molar-refractivity contribution in [1.29, 1.82) is 0 Å². The van der Waals surface area contributed by atoms with Gasteiger partial charge in [-0.3, -0.25) is 9.69 Å². The van der Waals surface area contributed by atoms with E-state index < -0.39 is 12.2 Å². The van der Waals surface area contributed by atoms with Crippen LogP contribution in [0.25, 0.3) is 0 Å². The SMILES string of the molecule is CC(=O)NC[C@H]1CN(c2ccc(N3CCN(C)N(C4CC4)CC3)c(F)c2)C(=O)O1. The lowest BCUT2D eigenvalue weighted by Gasteiger charge is -2.29. The standard InChI is InChI=1S/C20H28FN5O3/c1-14(27)22-12-17-13-25(20(28)29-17)16-5-6-19(18(21)11-16)24-8-7-23(2)26(10-9-24)15-3-4-15/h5-6,11,15,17H,3-4,7-10,12-13H2,1-2H3,(H,22,27)/t17-/m0/s1. The number of rotatable bonds is 5. The Morgan fingerprint density at radius 3 is 2.69 bits per heavy atom. The summed E-state index contributed by atoms with van der Waals surface area (Å²) in [6.45, 7) is 5.18. The topological polar surface area (TPSA) is 68.4 Å². The maximum absolute atomic E-state index is 15.0. The molecule has 4 rings (SSSR count). The molecular formula is C20H28FN5O3. The number of hydrogen-bond acceptors (Lipinski definition) is 6. The fraction of sp³-hybridized carbons (Fsp3) is 0.600. The zero-order valence-corrected chi connectivity index (χ0v) is 16.9. The summed E-state index contributed by atoms with van der Waals surface area (Å²) in [5.74, 6) is -0.527. The van der Waals surface area contributed by atoms with Crippen molar-refractivity contribution in [2.75, 3.05) is 56.1 Å². The van der Waals surface area contributed by atoms with Crippen LogP contribution in [-0.4, -0.2) is 80.5 Å². The van der Waals surface area contributed by atoms with Crippen LogP contribution in [0.2, 0.25) is 0 Å². The van der Waals surface area contributed by atoms with Crippen molar-refractivity contribution in [1.82, 2.24) is 15.3 Å². The molecule has 158 valence electrons. The lowest BCUT2D eigenvalue weighted by molar-refractivity contribution is -0.119. The number of hydrogen-bond donors (Lipinski definition) is 1. The van der Waals surface area contributed by atoms with Crippen molar-refractivity contribution in [2.45, 2.75) is 31.9 Å². The van der Waals surface area contributed by atoms with Crippen LogP contribution in [0.5, 0.6) is 0 Å². The fourth-order valence-corrected chi connectivity index (χ4v) is 3.99. The molecule has 2 amide bonds. The van der Waals surface area contributed by atoms with E-state index in [9.17, 15) is 14.0 Å². The van der Waals surface area contributed by atoms with Crippen LogP contribution in [0.3, 0.4) is 0 Å². The number of amides is 2. The first-order chi connectivity index (χ1) is 13.9. The summed E-state index contributed by atoms with van der Waals surface area (Å²) in [5, 5.41) is 7.28. The number of likely N-dealkylation sites (N-methyl/N-ethyl adjacent to an activating group) is 1. The molecule has 0 spiro atoms. The van der Waals surface area contributed by atoms with Crippen LogP contribution in [0.15, 0.2) is 18.2 Å². The quantitative estimate of drug-likeness (QED) is 0.799. The number of halogens is 1. The highest BCUT2D eigenvalue weighted by atomic mass is 19.1. The highest BCUT2D eigenvalue weighted by Gasteiger charge is 2.35. The largest absolute Gasteiger partial charge is 0.442 e. The first kappa shape index (κ1) is 19.9. The van der Waals surface area contributed by atoms with Gasteiger partial charge in [0.15, 0.2) is 0 Å². The van der Waals surface area contributed by atoms with Gasteiger partial charge < -0.3 is 15.0 Å². The summed E-state index contributed by atoms with van der Waals surface area (Å²) in [6.07, 6.45) is 1.51. The molecule has 1 aromatic carbocycles. The second-order valence-electron chi connectivity index (χ2n) is 7.95. The van der Waals surface area contributed by atoms with Crippen molar-refractivity contribution in [3.8, 4) is 0 Å². The molecule has 2 aliphatic heterocycles. The molecule has 1 aromatic rings. The average molecular weight is 405 g/mol. The molecule has 1 aliphatic carbocycles. The first-order valence-corrected chi connectivity index (χ1v) is 10.2. The summed E-state index contributed by atoms with van der Waals surface area (Å²) < 4.78 is 20.2. The van der Waals surface area contributed by atoms with Crippen molar-refractivity contribution in [3.05, 3.63) is 24.0 Å². The van der Waals surface area contributed by atoms with Crippen LogP contribution < -0.4 is 15.1 Å². The van der Waals surface area contributed by atoms with Gasteiger partial charge in [0.25, 0.3) is 0 Å². The summed E-state index contributed by atoms with van der Waals surface area (Å²) in [7, 11) is 2.09. The van der Waals surface area contributed by atoms with Gasteiger partial charge in [-0.15, -0.1) is 0 Å². The number of benzene rings is 1. The number of cyclic esters (lactones) is 1. The fourth-order valence-electron chi connectivity index (χ4n) is 3.99. The summed E-state index contributed by atoms with van der Waals surface area (Å²) in [5.41, 5.74) is 1.02. The van der Waals surface area contributed by atoms with E-state index in [0.717, 1.165) is 26.2 Å². The Labute approximate surface area is 170 Å². The number of carbonyl (C=O) groups excluding carboxylic acids is 2. The zero-order valence-electron chi connectivity index (χ0n) is 16.9. The van der Waals surface area contributed by atoms with Crippen LogP contribution in [-0.2, 0) is 9.53 Å². The van der Waals surface area contributed by atoms with Gasteiger partial charge in [0.2, 0.25) is 5.91 Å². The van der Waals surface area contributed by atoms with E-state index in [4.69, 9.17) is 4.74 Å². The molecule has 0 bridgehead atoms. The minimum Gasteiger partial charge on any atom is -0.442 e. The third-order valence-corrected chi connectivity index (χ3v) is 5.74. The van der Waals surface area contributed by atoms with Gasteiger partial charge in [-0.05, 0) is 31.0 Å². The average Bonchev–Trinajstić information content (AvgIpc) is 3.46. The molecule has 0 aromatic heterocycles. The van der Waals surface area contributed by atoms with Crippen LogP contribution >= 0.6 is 0 Å². The molecule has 0 unspecified atom stereocenters. The maximum atomic E-state index is 15.0. The van der Waals surface area contributed by atoms with Gasteiger partial charge >= 0.3 is 6.09 Å². The Kier molecular flexibility index (Phi) is 5.60. The maximum Gasteiger partial charge on any atom is 0.414 e. The third-order valence-electron chi connectivity index (χ3n) is 5.74. The number of nitrogens with zero attached hydrogens (tertiary/aromatic N) is 4. The van der Waals surface area contributed by atoms with Crippen molar-refractivity contribution in [2.24, 2.45) is 0 Å². The Morgan fingerprint density at radius 1 is 1.24 bits per heavy atom. The lowest BCUT2D eigenvalue weighted by atomic mass is 10.2. The predicted octanol–water partition coefficient (Wildman–Crippen LogP) is 1.42. The monoisotopic (exact) mass is 405 g/mol. The molecule has 3 aliphatic rings. The summed E-state index contributed by atoms with van der Waals surface area (Å²) in [4.78, 5) is 26.7. The molecule has 2 saturated heterocycles. The Bertz CT molecular complexity index is 787. The summed E-state index contributed by atoms with van der Waals surface area (Å²) in [6, 6.07) is 5.53. The first-order valence-electron chi connectivity index (χ1n) is 10.2. The lowest BCUT2D eigenvalue weighted by Crippen LogP contribution is -2.42. The predicted molar refractivity (Wildman–Crippen MR) is 107 cm³/mol. The Morgan fingerprint density at radius 2 is 2.00 bits per heavy atom. The zero-order chi connectivity index (χ0) is 20.5. The number of carbonyl (C=O) groups is 2. The highest BCUT2D eigenvalue weighted by Crippen LogP contribution is 2.31. The Balaban J connectivity index is 1.42. The van der Waals surface area contributed by atoms with E-state index in [1.165, 1.54) is 30.7 Å². The highest BCUT2D eigenvalue weighted by molar-refractivity contribution is 5.90. The van der Waals surface area contributed by atoms with Crippen LogP contribution in [0.4, 0.5) is 20.6 Å². The molecule has 1 atom stereocenters. The minimum atomic E-state index is -0.524. The van der Waals surface area contributed by atoms with Crippen molar-refractivity contribution < 1.29 is 18.7 Å². The number of hydrazine groups is 1. The number of ether oxygens (including phenoxy) is 1. The van der Waals surface area contributed by atoms with E-state index >= 15 is 0 Å². The van der Waals surface area contributed by atoms with E-state index in [1.54, 1.807) is 12.1 Å². The smallest absolute Gasteiger partial charge is 0.414 e. The van der Waals surface area contributed by atoms with E-state index in [0.29, 0.717) is 17.4 Å². The van der Waals surface area contributed by atoms with Crippen LogP contribution in [0, 0.1) is 5.82 Å². The molecule has 3 fully saturated rings. The van der Waals surface area contributed by atoms with Gasteiger partial charge in [-0.1, -0.05) is 0 Å². The number of nitrogens with one attached hydrogen (secondary N) is 1. The van der Waals surface area contributed by atoms with Gasteiger partial charge in [0.05, 0.1) is 24.5 Å². The van der Waals surface area contributed by atoms with Gasteiger partial charge in [-0.25, -0.2) is 19.2 Å². The molecule has 1 saturated carbocycles. The molecule has 9 heteroatoms. The Hall–Kier alpha value is -2.39. The molecule has 1 N–H and O–H groups in total. The van der Waals surface area contributed by atoms with Gasteiger partial charge in [-0.2, -0.15) is 0 Å². The van der Waals surface area contributed by atoms with Gasteiger partial charge in [0.1, 0.15) is 11.9 Å². The third kappa shape index (κ3) is 4.45. The van der Waals surface area contributed by atoms with Crippen molar-refractivity contribution in [3.63, 3.8) is 0 Å². The van der Waals surface area contributed by atoms with E-state index in [-0.39, 0.29) is 24.8 Å². The van der Waals surface area contributed by atoms with E-state index in [2.05, 4.69) is 27.3 Å². The van der Waals surface area contributed by atoms with E-state index in [1.807, 2.05) is 0 Å². The second-order valence-corrected chi connectivity index (χ2v) is 7.95. The number of anilines is 2. The van der Waals surface area contributed by atoms with Crippen LogP contribution in [0.1, 0.15) is 19.8 Å². The molecular weight excluding hydrogens is 377 g/mol. The minimum absolute atomic E-state index is 0.182. The van der Waals surface area contributed by atoms with Gasteiger partial charge in [0, 0.05) is 46.2 Å². The normalized spacial score (nSPS) is 23.8. The molecule has 29 heavy (non-hydrogen) atoms. The summed E-state index contributed by atoms with van der Waals surface area (Å²) >= 11 is 0. The van der Waals surface area contributed by atoms with Crippen molar-refractivity contribution >= 4 is 23.4 Å². The molecule has 2 heterocycles.